The summed E-state index contributed by atoms with van der Waals surface area (Å²) in [7, 11) is 0.952. The molecule has 0 saturated carbocycles. The fourth-order valence-electron chi connectivity index (χ4n) is 2.37. The summed E-state index contributed by atoms with van der Waals surface area (Å²) < 4.78 is 44.2. The van der Waals surface area contributed by atoms with Crippen LogP contribution in [0.2, 0.25) is 0 Å². The molecule has 0 heterocycles. The summed E-state index contributed by atoms with van der Waals surface area (Å²) >= 11 is 0. The predicted molar refractivity (Wildman–Crippen MR) is 101 cm³/mol. The van der Waals surface area contributed by atoms with Crippen LogP contribution in [0.15, 0.2) is 22.7 Å². The minimum Gasteiger partial charge on any atom is -0.506 e. The van der Waals surface area contributed by atoms with E-state index >= 15 is 0 Å². The third-order valence-electron chi connectivity index (χ3n) is 4.12. The van der Waals surface area contributed by atoms with E-state index in [9.17, 15) is 43.4 Å². The Hall–Kier alpha value is -3.15. The molecule has 1 aromatic rings. The molecular formula is C18H21F3N2O7. The van der Waals surface area contributed by atoms with Crippen molar-refractivity contribution in [2.45, 2.75) is 33.0 Å². The molecule has 3 N–H and O–H groups in total. The number of aliphatic hydroxyl groups excluding tert-OH is 2. The van der Waals surface area contributed by atoms with Gasteiger partial charge in [0.05, 0.1) is 30.2 Å². The molecular weight excluding hydrogens is 413 g/mol. The second-order valence-electron chi connectivity index (χ2n) is 7.23. The first-order chi connectivity index (χ1) is 13.6. The second kappa shape index (κ2) is 9.11. The Morgan fingerprint density at radius 3 is 2.23 bits per heavy atom. The zero-order chi connectivity index (χ0) is 23.4. The van der Waals surface area contributed by atoms with Gasteiger partial charge in [-0.15, -0.1) is 0 Å². The summed E-state index contributed by atoms with van der Waals surface area (Å²) in [6, 6.07) is -0.0870. The van der Waals surface area contributed by atoms with Crippen LogP contribution in [0.4, 0.5) is 18.9 Å². The fourth-order valence-corrected chi connectivity index (χ4v) is 2.37. The zero-order valence-electron chi connectivity index (χ0n) is 16.5. The van der Waals surface area contributed by atoms with E-state index in [-0.39, 0.29) is 0 Å². The maximum Gasteiger partial charge on any atom is 0.423 e. The number of aliphatic imine (C=N–C) groups is 1. The van der Waals surface area contributed by atoms with Gasteiger partial charge in [0, 0.05) is 18.3 Å². The monoisotopic (exact) mass is 434 g/mol. The highest BCUT2D eigenvalue weighted by Crippen LogP contribution is 2.41. The molecule has 30 heavy (non-hydrogen) atoms. The zero-order valence-corrected chi connectivity index (χ0v) is 16.5. The van der Waals surface area contributed by atoms with E-state index in [0.717, 1.165) is 13.3 Å². The van der Waals surface area contributed by atoms with E-state index in [0.29, 0.717) is 12.1 Å². The van der Waals surface area contributed by atoms with E-state index in [1.165, 1.54) is 0 Å². The van der Waals surface area contributed by atoms with Gasteiger partial charge in [0.2, 0.25) is 0 Å². The first kappa shape index (κ1) is 24.9. The number of hydrogen-bond donors (Lipinski definition) is 3. The van der Waals surface area contributed by atoms with Gasteiger partial charge in [-0.05, 0) is 5.41 Å². The molecule has 0 bridgehead atoms. The first-order valence-corrected chi connectivity index (χ1v) is 8.39. The van der Waals surface area contributed by atoms with Crippen molar-refractivity contribution in [3.63, 3.8) is 0 Å². The maximum absolute atomic E-state index is 13.1. The lowest BCUT2D eigenvalue weighted by molar-refractivity contribution is -0.388. The van der Waals surface area contributed by atoms with Gasteiger partial charge in [-0.1, -0.05) is 20.8 Å². The highest BCUT2D eigenvalue weighted by Gasteiger charge is 2.40. The summed E-state index contributed by atoms with van der Waals surface area (Å²) in [5.41, 5.74) is -5.09. The highest BCUT2D eigenvalue weighted by atomic mass is 19.4. The Labute approximate surface area is 169 Å². The Balaban J connectivity index is 3.76. The molecule has 0 saturated heterocycles. The van der Waals surface area contributed by atoms with Crippen molar-refractivity contribution in [1.29, 1.82) is 0 Å². The number of halogens is 3. The van der Waals surface area contributed by atoms with E-state index in [2.05, 4.69) is 4.99 Å². The van der Waals surface area contributed by atoms with Crippen molar-refractivity contribution < 1.29 is 42.9 Å². The van der Waals surface area contributed by atoms with Crippen LogP contribution in [0.25, 0.3) is 5.76 Å². The number of ether oxygens (including phenoxy) is 1. The molecule has 1 unspecified atom stereocenters. The van der Waals surface area contributed by atoms with Crippen molar-refractivity contribution in [3.8, 4) is 5.75 Å². The van der Waals surface area contributed by atoms with Crippen LogP contribution in [-0.4, -0.2) is 52.2 Å². The van der Waals surface area contributed by atoms with Gasteiger partial charge in [-0.2, -0.15) is 13.2 Å². The maximum atomic E-state index is 13.1. The molecule has 0 aromatic heterocycles. The lowest BCUT2D eigenvalue weighted by atomic mass is 9.88. The topological polar surface area (TPSA) is 142 Å². The van der Waals surface area contributed by atoms with E-state index in [1.807, 2.05) is 0 Å². The molecule has 0 spiro atoms. The second-order valence-corrected chi connectivity index (χ2v) is 7.23. The molecule has 166 valence electrons. The number of nitro groups is 1. The molecule has 12 heteroatoms. The van der Waals surface area contributed by atoms with Gasteiger partial charge >= 0.3 is 12.1 Å². The molecule has 9 nitrogen and oxygen atoms in total. The van der Waals surface area contributed by atoms with E-state index in [1.54, 1.807) is 20.8 Å². The Morgan fingerprint density at radius 2 is 1.87 bits per heavy atom. The summed E-state index contributed by atoms with van der Waals surface area (Å²) in [5, 5.41) is 40.3. The number of carboxylic acids is 1. The molecule has 1 rings (SSSR count). The predicted octanol–water partition coefficient (Wildman–Crippen LogP) is 3.45. The number of aliphatic hydroxyl groups is 2. The van der Waals surface area contributed by atoms with Crippen molar-refractivity contribution in [3.05, 3.63) is 38.9 Å². The molecule has 1 atom stereocenters. The standard InChI is InChI=1S/C18H21F3N2O7/c1-17(2,3)14(8-24)22-7-10(16(26)27)15(25)9-5-12(23(28)29)11(18(19,20)21)6-13(9)30-4/h5-7,14,24-25H,8H2,1-4H3,(H,26,27). The highest BCUT2D eigenvalue weighted by molar-refractivity contribution is 6.14. The number of carbonyl (C=O) groups is 1. The van der Waals surface area contributed by atoms with Gasteiger partial charge < -0.3 is 20.1 Å². The average molecular weight is 434 g/mol. The summed E-state index contributed by atoms with van der Waals surface area (Å²) in [6.45, 7) is 4.72. The lowest BCUT2D eigenvalue weighted by Gasteiger charge is -2.25. The summed E-state index contributed by atoms with van der Waals surface area (Å²) in [5.74, 6) is -3.43. The number of methoxy groups -OCH3 is 1. The Bertz CT molecular complexity index is 887. The molecule has 1 aromatic carbocycles. The normalized spacial score (nSPS) is 14.4. The van der Waals surface area contributed by atoms with Crippen LogP contribution in [-0.2, 0) is 11.0 Å². The average Bonchev–Trinajstić information content (AvgIpc) is 2.61. The van der Waals surface area contributed by atoms with Crippen LogP contribution in [0.5, 0.6) is 5.75 Å². The van der Waals surface area contributed by atoms with Crippen LogP contribution < -0.4 is 4.74 Å². The molecule has 0 aliphatic heterocycles. The number of rotatable bonds is 7. The third-order valence-corrected chi connectivity index (χ3v) is 4.12. The Morgan fingerprint density at radius 1 is 1.30 bits per heavy atom. The minimum atomic E-state index is -5.09. The van der Waals surface area contributed by atoms with Crippen LogP contribution in [0, 0.1) is 15.5 Å². The van der Waals surface area contributed by atoms with Crippen molar-refractivity contribution >= 4 is 23.6 Å². The largest absolute Gasteiger partial charge is 0.506 e. The number of aliphatic carboxylic acids is 1. The first-order valence-electron chi connectivity index (χ1n) is 8.39. The molecule has 0 amide bonds. The number of carboxylic acid groups (broad SMARTS) is 1. The smallest absolute Gasteiger partial charge is 0.423 e. The molecule has 0 aliphatic carbocycles. The SMILES string of the molecule is COc1cc(C(F)(F)F)c([N+](=O)[O-])cc1C(O)=C(C=NC(CO)C(C)(C)C)C(=O)O. The van der Waals surface area contributed by atoms with E-state index < -0.39 is 69.0 Å². The third kappa shape index (κ3) is 5.69. The quantitative estimate of drug-likeness (QED) is 0.196. The Kier molecular flexibility index (Phi) is 7.56. The van der Waals surface area contributed by atoms with Crippen LogP contribution in [0.1, 0.15) is 31.9 Å². The number of nitrogens with zero attached hydrogens (tertiary/aromatic N) is 2. The van der Waals surface area contributed by atoms with E-state index in [4.69, 9.17) is 4.74 Å². The van der Waals surface area contributed by atoms with Crippen molar-refractivity contribution in [1.82, 2.24) is 0 Å². The minimum absolute atomic E-state index is 0.298. The van der Waals surface area contributed by atoms with Crippen LogP contribution in [0.3, 0.4) is 0 Å². The van der Waals surface area contributed by atoms with Gasteiger partial charge in [0.15, 0.2) is 0 Å². The van der Waals surface area contributed by atoms with Gasteiger partial charge in [-0.25, -0.2) is 4.79 Å². The van der Waals surface area contributed by atoms with Crippen molar-refractivity contribution in [2.24, 2.45) is 10.4 Å². The number of hydrogen-bond acceptors (Lipinski definition) is 7. The lowest BCUT2D eigenvalue weighted by Crippen LogP contribution is -2.28. The van der Waals surface area contributed by atoms with Gasteiger partial charge in [-0.3, -0.25) is 15.1 Å². The van der Waals surface area contributed by atoms with Gasteiger partial charge in [0.1, 0.15) is 22.6 Å². The summed E-state index contributed by atoms with van der Waals surface area (Å²) in [6.07, 6.45) is -4.36. The fraction of sp³-hybridized carbons (Fsp3) is 0.444. The number of benzene rings is 1. The van der Waals surface area contributed by atoms with Crippen molar-refractivity contribution in [2.75, 3.05) is 13.7 Å². The molecule has 0 aliphatic rings. The molecule has 0 radical (unpaired) electrons. The number of alkyl halides is 3. The van der Waals surface area contributed by atoms with Gasteiger partial charge in [0.25, 0.3) is 5.69 Å². The van der Waals surface area contributed by atoms with Crippen LogP contribution >= 0.6 is 0 Å². The summed E-state index contributed by atoms with van der Waals surface area (Å²) in [4.78, 5) is 25.3. The number of nitro benzene ring substituents is 1. The molecule has 0 fully saturated rings.